The number of benzene rings is 2. The molecule has 0 aliphatic rings. The number of hydrogen-bond donors (Lipinski definition) is 1. The Hall–Kier alpha value is -1.74. The average Bonchev–Trinajstić information content (AvgIpc) is 2.53. The lowest BCUT2D eigenvalue weighted by Gasteiger charge is -2.20. The van der Waals surface area contributed by atoms with Gasteiger partial charge in [0.2, 0.25) is 20.0 Å². The zero-order valence-electron chi connectivity index (χ0n) is 15.1. The molecule has 0 aliphatic heterocycles. The van der Waals surface area contributed by atoms with Gasteiger partial charge in [0.15, 0.2) is 0 Å². The van der Waals surface area contributed by atoms with Gasteiger partial charge in [-0.3, -0.25) is 0 Å². The fourth-order valence-corrected chi connectivity index (χ4v) is 4.48. The van der Waals surface area contributed by atoms with E-state index < -0.39 is 20.0 Å². The van der Waals surface area contributed by atoms with Crippen LogP contribution in [0.3, 0.4) is 0 Å². The highest BCUT2D eigenvalue weighted by Gasteiger charge is 2.19. The van der Waals surface area contributed by atoms with Gasteiger partial charge in [-0.2, -0.15) is 4.31 Å². The fourth-order valence-electron chi connectivity index (χ4n) is 2.55. The van der Waals surface area contributed by atoms with Crippen LogP contribution in [0.2, 0.25) is 0 Å². The number of nitrogens with one attached hydrogen (secondary N) is 1. The second-order valence-corrected chi connectivity index (χ2v) is 10.0. The van der Waals surface area contributed by atoms with Gasteiger partial charge in [-0.25, -0.2) is 21.6 Å². The molecule has 2 rings (SSSR count). The van der Waals surface area contributed by atoms with E-state index in [9.17, 15) is 16.8 Å². The van der Waals surface area contributed by atoms with Crippen molar-refractivity contribution in [2.75, 3.05) is 19.3 Å². The van der Waals surface area contributed by atoms with Crippen molar-refractivity contribution in [1.29, 1.82) is 0 Å². The van der Waals surface area contributed by atoms with Crippen LogP contribution in [-0.2, 0) is 26.6 Å². The Balaban J connectivity index is 2.06. The quantitative estimate of drug-likeness (QED) is 0.740. The molecule has 0 bridgehead atoms. The van der Waals surface area contributed by atoms with E-state index in [1.165, 1.54) is 10.4 Å². The van der Waals surface area contributed by atoms with Crippen molar-refractivity contribution in [3.05, 3.63) is 65.2 Å². The molecule has 6 nitrogen and oxygen atoms in total. The van der Waals surface area contributed by atoms with Crippen molar-refractivity contribution >= 4 is 20.0 Å². The molecule has 1 N–H and O–H groups in total. The number of nitrogens with zero attached hydrogens (tertiary/aromatic N) is 1. The summed E-state index contributed by atoms with van der Waals surface area (Å²) < 4.78 is 52.5. The van der Waals surface area contributed by atoms with Crippen LogP contribution in [0.15, 0.2) is 53.4 Å². The van der Waals surface area contributed by atoms with E-state index in [2.05, 4.69) is 4.72 Å². The van der Waals surface area contributed by atoms with Crippen LogP contribution >= 0.6 is 0 Å². The van der Waals surface area contributed by atoms with Crippen LogP contribution < -0.4 is 4.72 Å². The van der Waals surface area contributed by atoms with Gasteiger partial charge >= 0.3 is 0 Å². The molecule has 8 heteroatoms. The van der Waals surface area contributed by atoms with Gasteiger partial charge in [0.05, 0.1) is 11.2 Å². The molecule has 142 valence electrons. The summed E-state index contributed by atoms with van der Waals surface area (Å²) in [6.45, 7) is 4.00. The SMILES string of the molecule is Cc1cccc(CN(CCNS(=O)(=O)c2cccc(C)c2)S(C)(=O)=O)c1. The third-order valence-electron chi connectivity index (χ3n) is 3.86. The van der Waals surface area contributed by atoms with Crippen LogP contribution in [0.5, 0.6) is 0 Å². The smallest absolute Gasteiger partial charge is 0.212 e. The lowest BCUT2D eigenvalue weighted by Crippen LogP contribution is -2.37. The number of rotatable bonds is 8. The lowest BCUT2D eigenvalue weighted by atomic mass is 10.1. The largest absolute Gasteiger partial charge is 0.240 e. The van der Waals surface area contributed by atoms with Gasteiger partial charge in [-0.15, -0.1) is 0 Å². The molecule has 0 aliphatic carbocycles. The van der Waals surface area contributed by atoms with E-state index in [1.807, 2.05) is 44.2 Å². The van der Waals surface area contributed by atoms with E-state index in [4.69, 9.17) is 0 Å². The Morgan fingerprint density at radius 1 is 0.923 bits per heavy atom. The molecule has 0 atom stereocenters. The highest BCUT2D eigenvalue weighted by atomic mass is 32.2. The van der Waals surface area contributed by atoms with E-state index in [0.717, 1.165) is 22.9 Å². The van der Waals surface area contributed by atoms with Crippen molar-refractivity contribution in [2.45, 2.75) is 25.3 Å². The van der Waals surface area contributed by atoms with Gasteiger partial charge < -0.3 is 0 Å². The second-order valence-electron chi connectivity index (χ2n) is 6.30. The summed E-state index contributed by atoms with van der Waals surface area (Å²) in [6.07, 6.45) is 1.12. The van der Waals surface area contributed by atoms with Crippen molar-refractivity contribution in [1.82, 2.24) is 9.03 Å². The summed E-state index contributed by atoms with van der Waals surface area (Å²) in [7, 11) is -7.14. The number of aryl methyl sites for hydroxylation is 2. The van der Waals surface area contributed by atoms with Gasteiger partial charge in [0.25, 0.3) is 0 Å². The number of sulfonamides is 2. The molecule has 0 unspecified atom stereocenters. The fraction of sp³-hybridized carbons (Fsp3) is 0.333. The van der Waals surface area contributed by atoms with Crippen LogP contribution in [0.4, 0.5) is 0 Å². The maximum atomic E-state index is 12.3. The van der Waals surface area contributed by atoms with Gasteiger partial charge in [-0.1, -0.05) is 42.0 Å². The Morgan fingerprint density at radius 3 is 2.12 bits per heavy atom. The first kappa shape index (κ1) is 20.6. The molecule has 0 radical (unpaired) electrons. The van der Waals surface area contributed by atoms with Crippen molar-refractivity contribution in [3.8, 4) is 0 Å². The van der Waals surface area contributed by atoms with Crippen molar-refractivity contribution in [3.63, 3.8) is 0 Å². The van der Waals surface area contributed by atoms with E-state index in [1.54, 1.807) is 12.1 Å². The van der Waals surface area contributed by atoms with Crippen LogP contribution in [0.1, 0.15) is 16.7 Å². The van der Waals surface area contributed by atoms with E-state index >= 15 is 0 Å². The monoisotopic (exact) mass is 396 g/mol. The highest BCUT2D eigenvalue weighted by Crippen LogP contribution is 2.12. The molecule has 0 spiro atoms. The predicted molar refractivity (Wildman–Crippen MR) is 103 cm³/mol. The number of hydrogen-bond acceptors (Lipinski definition) is 4. The molecule has 0 aromatic heterocycles. The lowest BCUT2D eigenvalue weighted by molar-refractivity contribution is 0.412. The van der Waals surface area contributed by atoms with Crippen LogP contribution in [0.25, 0.3) is 0 Å². The summed E-state index contributed by atoms with van der Waals surface area (Å²) in [5, 5.41) is 0. The highest BCUT2D eigenvalue weighted by molar-refractivity contribution is 7.89. The molecular weight excluding hydrogens is 372 g/mol. The Morgan fingerprint density at radius 2 is 1.54 bits per heavy atom. The standard InChI is InChI=1S/C18H24N2O4S2/c1-15-6-4-8-17(12-15)14-20(25(3,21)22)11-10-19-26(23,24)18-9-5-7-16(2)13-18/h4-9,12-13,19H,10-11,14H2,1-3H3. The zero-order chi connectivity index (χ0) is 19.4. The summed E-state index contributed by atoms with van der Waals surface area (Å²) in [5.41, 5.74) is 2.73. The third-order valence-corrected chi connectivity index (χ3v) is 6.57. The van der Waals surface area contributed by atoms with Gasteiger partial charge in [0, 0.05) is 19.6 Å². The topological polar surface area (TPSA) is 83.6 Å². The van der Waals surface area contributed by atoms with E-state index in [-0.39, 0.29) is 24.5 Å². The van der Waals surface area contributed by atoms with Gasteiger partial charge in [-0.05, 0) is 37.1 Å². The molecule has 2 aromatic carbocycles. The predicted octanol–water partition coefficient (Wildman–Crippen LogP) is 2.04. The first-order valence-electron chi connectivity index (χ1n) is 8.15. The summed E-state index contributed by atoms with van der Waals surface area (Å²) >= 11 is 0. The zero-order valence-corrected chi connectivity index (χ0v) is 16.8. The summed E-state index contributed by atoms with van der Waals surface area (Å²) in [5.74, 6) is 0. The Bertz CT molecular complexity index is 970. The normalized spacial score (nSPS) is 12.5. The summed E-state index contributed by atoms with van der Waals surface area (Å²) in [6, 6.07) is 14.1. The Labute approximate surface area is 156 Å². The molecule has 0 amide bonds. The second kappa shape index (κ2) is 8.30. The third kappa shape index (κ3) is 5.91. The Kier molecular flexibility index (Phi) is 6.57. The van der Waals surface area contributed by atoms with Crippen LogP contribution in [0, 0.1) is 13.8 Å². The minimum atomic E-state index is -3.68. The molecule has 0 fully saturated rings. The van der Waals surface area contributed by atoms with E-state index in [0.29, 0.717) is 0 Å². The first-order chi connectivity index (χ1) is 12.1. The average molecular weight is 397 g/mol. The maximum Gasteiger partial charge on any atom is 0.240 e. The molecule has 2 aromatic rings. The molecule has 0 saturated heterocycles. The summed E-state index contributed by atoms with van der Waals surface area (Å²) in [4.78, 5) is 0.169. The molecule has 0 saturated carbocycles. The molecular formula is C18H24N2O4S2. The molecule has 0 heterocycles. The first-order valence-corrected chi connectivity index (χ1v) is 11.5. The maximum absolute atomic E-state index is 12.3. The molecule has 26 heavy (non-hydrogen) atoms. The van der Waals surface area contributed by atoms with Crippen molar-refractivity contribution < 1.29 is 16.8 Å². The van der Waals surface area contributed by atoms with Gasteiger partial charge in [0.1, 0.15) is 0 Å². The minimum absolute atomic E-state index is 0.00480. The van der Waals surface area contributed by atoms with Crippen molar-refractivity contribution in [2.24, 2.45) is 0 Å². The van der Waals surface area contributed by atoms with Crippen LogP contribution in [-0.4, -0.2) is 40.5 Å². The minimum Gasteiger partial charge on any atom is -0.212 e.